The molecule has 0 fully saturated rings. The molecule has 0 saturated carbocycles. The lowest BCUT2D eigenvalue weighted by molar-refractivity contribution is -0.0888. The van der Waals surface area contributed by atoms with Crippen molar-refractivity contribution in [3.05, 3.63) is 29.3 Å². The fourth-order valence-electron chi connectivity index (χ4n) is 1.09. The number of Topliss-reactive ketones (excluding diaryl/α,β-unsaturated/α-hetero) is 1. The van der Waals surface area contributed by atoms with Crippen molar-refractivity contribution in [2.45, 2.75) is 6.18 Å². The summed E-state index contributed by atoms with van der Waals surface area (Å²) in [6.07, 6.45) is -5.28. The molecule has 0 unspecified atom stereocenters. The normalized spacial score (nSPS) is 11.4. The van der Waals surface area contributed by atoms with Crippen molar-refractivity contribution in [1.29, 1.82) is 0 Å². The molecule has 1 aromatic carbocycles. The van der Waals surface area contributed by atoms with Gasteiger partial charge in [0.1, 0.15) is 0 Å². The second kappa shape index (κ2) is 5.30. The molecule has 0 saturated heterocycles. The summed E-state index contributed by atoms with van der Waals surface area (Å²) in [4.78, 5) is 10.8. The Hall–Kier alpha value is -1.70. The maximum atomic E-state index is 13.3. The second-order valence-corrected chi connectivity index (χ2v) is 3.12. The van der Waals surface area contributed by atoms with Crippen LogP contribution in [0.1, 0.15) is 10.4 Å². The average molecular weight is 270 g/mol. The zero-order chi connectivity index (χ0) is 13.9. The van der Waals surface area contributed by atoms with Crippen LogP contribution in [0.25, 0.3) is 0 Å². The van der Waals surface area contributed by atoms with E-state index < -0.39 is 41.7 Å². The average Bonchev–Trinajstić information content (AvgIpc) is 2.29. The van der Waals surface area contributed by atoms with Crippen molar-refractivity contribution in [2.24, 2.45) is 0 Å². The maximum absolute atomic E-state index is 13.3. The molecule has 1 aromatic rings. The molecule has 3 nitrogen and oxygen atoms in total. The number of hydrogen-bond donors (Lipinski definition) is 0. The number of carbonyl (C=O) groups is 1. The van der Waals surface area contributed by atoms with Gasteiger partial charge in [-0.1, -0.05) is 0 Å². The van der Waals surface area contributed by atoms with Crippen molar-refractivity contribution >= 4 is 5.78 Å². The summed E-state index contributed by atoms with van der Waals surface area (Å²) in [6, 6.07) is 1.22. The highest BCUT2D eigenvalue weighted by molar-refractivity contribution is 6.00. The topological polar surface area (TPSA) is 35.5 Å². The van der Waals surface area contributed by atoms with Gasteiger partial charge in [-0.05, 0) is 12.1 Å². The first-order valence-electron chi connectivity index (χ1n) is 4.50. The van der Waals surface area contributed by atoms with Crippen LogP contribution in [0.5, 0.6) is 5.75 Å². The number of halogens is 5. The van der Waals surface area contributed by atoms with E-state index in [0.717, 1.165) is 6.07 Å². The van der Waals surface area contributed by atoms with Gasteiger partial charge < -0.3 is 9.47 Å². The highest BCUT2D eigenvalue weighted by Gasteiger charge is 2.41. The van der Waals surface area contributed by atoms with E-state index in [2.05, 4.69) is 9.47 Å². The molecule has 0 aliphatic heterocycles. The maximum Gasteiger partial charge on any atom is 0.454 e. The van der Waals surface area contributed by atoms with E-state index in [1.54, 1.807) is 0 Å². The number of alkyl halides is 3. The SMILES string of the molecule is COCOc1ccc(C(=O)C(F)(F)F)c(F)c1F. The first-order valence-corrected chi connectivity index (χ1v) is 4.50. The Morgan fingerprint density at radius 3 is 2.33 bits per heavy atom. The molecule has 0 amide bonds. The molecule has 0 spiro atoms. The second-order valence-electron chi connectivity index (χ2n) is 3.12. The molecule has 18 heavy (non-hydrogen) atoms. The van der Waals surface area contributed by atoms with Gasteiger partial charge in [0.25, 0.3) is 5.78 Å². The summed E-state index contributed by atoms with van der Waals surface area (Å²) >= 11 is 0. The van der Waals surface area contributed by atoms with Gasteiger partial charge in [0, 0.05) is 7.11 Å². The van der Waals surface area contributed by atoms with Gasteiger partial charge in [-0.2, -0.15) is 17.6 Å². The number of benzene rings is 1. The fourth-order valence-corrected chi connectivity index (χ4v) is 1.09. The van der Waals surface area contributed by atoms with E-state index in [0.29, 0.717) is 6.07 Å². The van der Waals surface area contributed by atoms with E-state index in [9.17, 15) is 26.7 Å². The van der Waals surface area contributed by atoms with Crippen molar-refractivity contribution in [2.75, 3.05) is 13.9 Å². The van der Waals surface area contributed by atoms with Crippen molar-refractivity contribution < 1.29 is 36.2 Å². The van der Waals surface area contributed by atoms with Crippen LogP contribution in [0, 0.1) is 11.6 Å². The Kier molecular flexibility index (Phi) is 4.23. The molecule has 0 radical (unpaired) electrons. The van der Waals surface area contributed by atoms with Crippen LogP contribution in [0.15, 0.2) is 12.1 Å². The van der Waals surface area contributed by atoms with Gasteiger partial charge in [0.05, 0.1) is 5.56 Å². The van der Waals surface area contributed by atoms with E-state index in [1.807, 2.05) is 0 Å². The summed E-state index contributed by atoms with van der Waals surface area (Å²) < 4.78 is 71.7. The third kappa shape index (κ3) is 2.95. The number of hydrogen-bond acceptors (Lipinski definition) is 3. The minimum absolute atomic E-state index is 0.414. The molecule has 1 rings (SSSR count). The number of rotatable bonds is 4. The zero-order valence-corrected chi connectivity index (χ0v) is 8.98. The summed E-state index contributed by atoms with van der Waals surface area (Å²) in [5, 5.41) is 0. The van der Waals surface area contributed by atoms with E-state index in [4.69, 9.17) is 0 Å². The molecule has 0 aliphatic carbocycles. The lowest BCUT2D eigenvalue weighted by Crippen LogP contribution is -2.24. The summed E-state index contributed by atoms with van der Waals surface area (Å²) in [7, 11) is 1.22. The predicted octanol–water partition coefficient (Wildman–Crippen LogP) is 2.69. The quantitative estimate of drug-likeness (QED) is 0.479. The highest BCUT2D eigenvalue weighted by atomic mass is 19.4. The number of ketones is 1. The lowest BCUT2D eigenvalue weighted by atomic mass is 10.1. The molecule has 0 aliphatic rings. The van der Waals surface area contributed by atoms with Crippen molar-refractivity contribution in [1.82, 2.24) is 0 Å². The summed E-state index contributed by atoms with van der Waals surface area (Å²) in [5.41, 5.74) is -1.40. The zero-order valence-electron chi connectivity index (χ0n) is 8.98. The molecule has 0 heterocycles. The number of ether oxygens (including phenoxy) is 2. The Morgan fingerprint density at radius 1 is 1.22 bits per heavy atom. The third-order valence-corrected chi connectivity index (χ3v) is 1.88. The van der Waals surface area contributed by atoms with Crippen LogP contribution in [0.4, 0.5) is 22.0 Å². The molecule has 100 valence electrons. The van der Waals surface area contributed by atoms with Gasteiger partial charge >= 0.3 is 6.18 Å². The molecule has 0 atom stereocenters. The smallest absolute Gasteiger partial charge is 0.454 e. The Balaban J connectivity index is 3.12. The monoisotopic (exact) mass is 270 g/mol. The minimum atomic E-state index is -5.28. The predicted molar refractivity (Wildman–Crippen MR) is 49.2 cm³/mol. The van der Waals surface area contributed by atoms with Crippen LogP contribution in [0.3, 0.4) is 0 Å². The van der Waals surface area contributed by atoms with Gasteiger partial charge in [-0.3, -0.25) is 4.79 Å². The Bertz CT molecular complexity index is 456. The highest BCUT2D eigenvalue weighted by Crippen LogP contribution is 2.28. The lowest BCUT2D eigenvalue weighted by Gasteiger charge is -2.10. The van der Waals surface area contributed by atoms with Crippen LogP contribution in [-0.2, 0) is 4.74 Å². The van der Waals surface area contributed by atoms with Gasteiger partial charge in [0.15, 0.2) is 18.4 Å². The number of carbonyl (C=O) groups excluding carboxylic acids is 1. The van der Waals surface area contributed by atoms with Crippen LogP contribution < -0.4 is 4.74 Å². The molecule has 0 N–H and O–H groups in total. The summed E-state index contributed by atoms with van der Waals surface area (Å²) in [5.74, 6) is -6.70. The Morgan fingerprint density at radius 2 is 1.83 bits per heavy atom. The van der Waals surface area contributed by atoms with Gasteiger partial charge in [-0.15, -0.1) is 0 Å². The fraction of sp³-hybridized carbons (Fsp3) is 0.300. The van der Waals surface area contributed by atoms with Crippen LogP contribution in [-0.4, -0.2) is 25.9 Å². The van der Waals surface area contributed by atoms with Crippen LogP contribution >= 0.6 is 0 Å². The van der Waals surface area contributed by atoms with Crippen molar-refractivity contribution in [3.63, 3.8) is 0 Å². The van der Waals surface area contributed by atoms with Gasteiger partial charge in [-0.25, -0.2) is 4.39 Å². The van der Waals surface area contributed by atoms with E-state index >= 15 is 0 Å². The van der Waals surface area contributed by atoms with Gasteiger partial charge in [0.2, 0.25) is 5.82 Å². The standard InChI is InChI=1S/C10H7F5O3/c1-17-4-18-6-3-2-5(7(11)8(6)12)9(16)10(13,14)15/h2-3H,4H2,1H3. The Labute approximate surface area is 98.1 Å². The third-order valence-electron chi connectivity index (χ3n) is 1.88. The first kappa shape index (κ1) is 14.4. The molecular formula is C10H7F5O3. The molecular weight excluding hydrogens is 263 g/mol. The molecule has 0 bridgehead atoms. The summed E-state index contributed by atoms with van der Waals surface area (Å²) in [6.45, 7) is -0.414. The molecule has 8 heteroatoms. The molecule has 0 aromatic heterocycles. The van der Waals surface area contributed by atoms with Crippen LogP contribution in [0.2, 0.25) is 0 Å². The van der Waals surface area contributed by atoms with Crippen molar-refractivity contribution in [3.8, 4) is 5.75 Å². The van der Waals surface area contributed by atoms with E-state index in [1.165, 1.54) is 7.11 Å². The van der Waals surface area contributed by atoms with E-state index in [-0.39, 0.29) is 0 Å². The minimum Gasteiger partial charge on any atom is -0.464 e. The number of methoxy groups -OCH3 is 1. The largest absolute Gasteiger partial charge is 0.464 e. The first-order chi connectivity index (χ1) is 8.29.